The van der Waals surface area contributed by atoms with Crippen molar-refractivity contribution < 1.29 is 9.18 Å². The third kappa shape index (κ3) is 3.57. The first-order valence-corrected chi connectivity index (χ1v) is 8.31. The van der Waals surface area contributed by atoms with Crippen molar-refractivity contribution in [3.05, 3.63) is 58.3 Å². The van der Waals surface area contributed by atoms with Gasteiger partial charge in [0, 0.05) is 26.2 Å². The Bertz CT molecular complexity index is 728. The minimum Gasteiger partial charge on any atom is -0.366 e. The summed E-state index contributed by atoms with van der Waals surface area (Å²) in [5.41, 5.74) is 0.967. The van der Waals surface area contributed by atoms with Gasteiger partial charge in [0.25, 0.3) is 0 Å². The Hall–Kier alpha value is -1.98. The highest BCUT2D eigenvalue weighted by Crippen LogP contribution is 2.34. The molecule has 7 heteroatoms. The lowest BCUT2D eigenvalue weighted by molar-refractivity contribution is 0.208. The first-order valence-electron chi connectivity index (χ1n) is 7.55. The molecule has 0 aromatic heterocycles. The largest absolute Gasteiger partial charge is 0.366 e. The highest BCUT2D eigenvalue weighted by molar-refractivity contribution is 6.39. The molecule has 2 amide bonds. The fourth-order valence-electron chi connectivity index (χ4n) is 2.68. The van der Waals surface area contributed by atoms with Crippen LogP contribution in [0.25, 0.3) is 0 Å². The summed E-state index contributed by atoms with van der Waals surface area (Å²) in [6.45, 7) is 2.21. The third-order valence-electron chi connectivity index (χ3n) is 3.94. The van der Waals surface area contributed by atoms with Crippen LogP contribution in [0.15, 0.2) is 42.5 Å². The number of piperazine rings is 1. The van der Waals surface area contributed by atoms with Gasteiger partial charge in [-0.2, -0.15) is 0 Å². The monoisotopic (exact) mass is 367 g/mol. The van der Waals surface area contributed by atoms with E-state index in [1.54, 1.807) is 35.2 Å². The molecular formula is C17H16Cl2FN3O. The number of rotatable bonds is 2. The van der Waals surface area contributed by atoms with Crippen LogP contribution in [0, 0.1) is 5.82 Å². The number of nitrogens with one attached hydrogen (secondary N) is 1. The van der Waals surface area contributed by atoms with Gasteiger partial charge in [0.05, 0.1) is 21.4 Å². The van der Waals surface area contributed by atoms with Gasteiger partial charge in [0.2, 0.25) is 0 Å². The SMILES string of the molecule is O=C(Nc1ccccc1F)N1CCN(c2c(Cl)cccc2Cl)CC1. The summed E-state index contributed by atoms with van der Waals surface area (Å²) >= 11 is 12.5. The summed E-state index contributed by atoms with van der Waals surface area (Å²) in [6, 6.07) is 11.2. The molecular weight excluding hydrogens is 352 g/mol. The average molecular weight is 368 g/mol. The zero-order valence-corrected chi connectivity index (χ0v) is 14.3. The third-order valence-corrected chi connectivity index (χ3v) is 4.55. The van der Waals surface area contributed by atoms with Gasteiger partial charge >= 0.3 is 6.03 Å². The first kappa shape index (κ1) is 16.9. The van der Waals surface area contributed by atoms with Gasteiger partial charge in [-0.15, -0.1) is 0 Å². The van der Waals surface area contributed by atoms with Crippen molar-refractivity contribution in [1.82, 2.24) is 4.90 Å². The second-order valence-corrected chi connectivity index (χ2v) is 6.27. The maximum absolute atomic E-state index is 13.6. The Balaban J connectivity index is 1.63. The van der Waals surface area contributed by atoms with E-state index in [-0.39, 0.29) is 11.7 Å². The van der Waals surface area contributed by atoms with Crippen molar-refractivity contribution >= 4 is 40.6 Å². The number of carbonyl (C=O) groups is 1. The molecule has 0 radical (unpaired) electrons. The van der Waals surface area contributed by atoms with E-state index in [2.05, 4.69) is 10.2 Å². The molecule has 1 saturated heterocycles. The van der Waals surface area contributed by atoms with Crippen molar-refractivity contribution in [2.24, 2.45) is 0 Å². The van der Waals surface area contributed by atoms with Crippen molar-refractivity contribution in [2.45, 2.75) is 0 Å². The molecule has 0 spiro atoms. The molecule has 0 atom stereocenters. The Morgan fingerprint density at radius 3 is 2.21 bits per heavy atom. The molecule has 1 heterocycles. The van der Waals surface area contributed by atoms with E-state index in [1.807, 2.05) is 0 Å². The lowest BCUT2D eigenvalue weighted by Gasteiger charge is -2.36. The van der Waals surface area contributed by atoms with Crippen LogP contribution in [-0.2, 0) is 0 Å². The number of carbonyl (C=O) groups excluding carboxylic acids is 1. The molecule has 1 aliphatic rings. The highest BCUT2D eigenvalue weighted by Gasteiger charge is 2.24. The van der Waals surface area contributed by atoms with Gasteiger partial charge in [-0.1, -0.05) is 41.4 Å². The number of benzene rings is 2. The van der Waals surface area contributed by atoms with Crippen molar-refractivity contribution in [1.29, 1.82) is 0 Å². The van der Waals surface area contributed by atoms with Crippen LogP contribution < -0.4 is 10.2 Å². The number of urea groups is 1. The van der Waals surface area contributed by atoms with Crippen LogP contribution in [0.5, 0.6) is 0 Å². The topological polar surface area (TPSA) is 35.6 Å². The average Bonchev–Trinajstić information content (AvgIpc) is 2.57. The second-order valence-electron chi connectivity index (χ2n) is 5.45. The number of hydrogen-bond acceptors (Lipinski definition) is 2. The highest BCUT2D eigenvalue weighted by atomic mass is 35.5. The number of anilines is 2. The summed E-state index contributed by atoms with van der Waals surface area (Å²) in [5, 5.41) is 3.78. The minimum absolute atomic E-state index is 0.180. The summed E-state index contributed by atoms with van der Waals surface area (Å²) in [5.74, 6) is -0.452. The van der Waals surface area contributed by atoms with Crippen molar-refractivity contribution in [3.8, 4) is 0 Å². The molecule has 1 aliphatic heterocycles. The van der Waals surface area contributed by atoms with Gasteiger partial charge in [-0.05, 0) is 24.3 Å². The van der Waals surface area contributed by atoms with Crippen molar-refractivity contribution in [3.63, 3.8) is 0 Å². The molecule has 126 valence electrons. The number of hydrogen-bond donors (Lipinski definition) is 1. The van der Waals surface area contributed by atoms with E-state index >= 15 is 0 Å². The van der Waals surface area contributed by atoms with Crippen LogP contribution >= 0.6 is 23.2 Å². The fraction of sp³-hybridized carbons (Fsp3) is 0.235. The fourth-order valence-corrected chi connectivity index (χ4v) is 3.32. The Morgan fingerprint density at radius 2 is 1.58 bits per heavy atom. The predicted octanol–water partition coefficient (Wildman–Crippen LogP) is 4.49. The van der Waals surface area contributed by atoms with E-state index in [1.165, 1.54) is 12.1 Å². The second kappa shape index (κ2) is 7.28. The summed E-state index contributed by atoms with van der Waals surface area (Å²) in [7, 11) is 0. The van der Waals surface area contributed by atoms with Crippen LogP contribution in [0.3, 0.4) is 0 Å². The number of nitrogens with zero attached hydrogens (tertiary/aromatic N) is 2. The smallest absolute Gasteiger partial charge is 0.322 e. The summed E-state index contributed by atoms with van der Waals surface area (Å²) in [4.78, 5) is 16.0. The van der Waals surface area contributed by atoms with Crippen LogP contribution in [-0.4, -0.2) is 37.1 Å². The molecule has 4 nitrogen and oxygen atoms in total. The Labute approximate surface area is 149 Å². The van der Waals surface area contributed by atoms with Crippen LogP contribution in [0.1, 0.15) is 0 Å². The minimum atomic E-state index is -0.452. The summed E-state index contributed by atoms with van der Waals surface area (Å²) < 4.78 is 13.6. The number of para-hydroxylation sites is 2. The number of halogens is 3. The van der Waals surface area contributed by atoms with E-state index in [4.69, 9.17) is 23.2 Å². The van der Waals surface area contributed by atoms with Gasteiger partial charge in [0.15, 0.2) is 0 Å². The van der Waals surface area contributed by atoms with E-state index < -0.39 is 5.82 Å². The Kier molecular flexibility index (Phi) is 5.11. The standard InChI is InChI=1S/C17H16Cl2FN3O/c18-12-4-3-5-13(19)16(12)22-8-10-23(11-9-22)17(24)21-15-7-2-1-6-14(15)20/h1-7H,8-11H2,(H,21,24). The maximum Gasteiger partial charge on any atom is 0.322 e. The quantitative estimate of drug-likeness (QED) is 0.848. The van der Waals surface area contributed by atoms with E-state index in [9.17, 15) is 9.18 Å². The summed E-state index contributed by atoms with van der Waals surface area (Å²) in [6.07, 6.45) is 0. The lowest BCUT2D eigenvalue weighted by Crippen LogP contribution is -2.50. The molecule has 0 bridgehead atoms. The zero-order valence-electron chi connectivity index (χ0n) is 12.8. The van der Waals surface area contributed by atoms with Gasteiger partial charge in [-0.25, -0.2) is 9.18 Å². The molecule has 2 aromatic carbocycles. The number of amides is 2. The molecule has 1 N–H and O–H groups in total. The zero-order chi connectivity index (χ0) is 17.1. The van der Waals surface area contributed by atoms with E-state index in [0.717, 1.165) is 5.69 Å². The Morgan fingerprint density at radius 1 is 0.958 bits per heavy atom. The van der Waals surface area contributed by atoms with Crippen LogP contribution in [0.4, 0.5) is 20.6 Å². The first-order chi connectivity index (χ1) is 11.6. The van der Waals surface area contributed by atoms with Gasteiger partial charge in [0.1, 0.15) is 5.82 Å². The maximum atomic E-state index is 13.6. The normalized spacial score (nSPS) is 14.6. The molecule has 3 rings (SSSR count). The molecule has 1 fully saturated rings. The molecule has 2 aromatic rings. The van der Waals surface area contributed by atoms with Gasteiger partial charge in [-0.3, -0.25) is 0 Å². The molecule has 0 unspecified atom stereocenters. The molecule has 0 aliphatic carbocycles. The van der Waals surface area contributed by atoms with Crippen molar-refractivity contribution in [2.75, 3.05) is 36.4 Å². The van der Waals surface area contributed by atoms with Crippen LogP contribution in [0.2, 0.25) is 10.0 Å². The lowest BCUT2D eigenvalue weighted by atomic mass is 10.2. The van der Waals surface area contributed by atoms with Gasteiger partial charge < -0.3 is 15.1 Å². The predicted molar refractivity (Wildman–Crippen MR) is 95.7 cm³/mol. The molecule has 0 saturated carbocycles. The molecule has 24 heavy (non-hydrogen) atoms. The van der Waals surface area contributed by atoms with E-state index in [0.29, 0.717) is 36.2 Å².